The largest absolute Gasteiger partial charge is 0.504 e. The molecule has 1 amide bonds. The summed E-state index contributed by atoms with van der Waals surface area (Å²) >= 11 is 0. The van der Waals surface area contributed by atoms with Gasteiger partial charge in [-0.05, 0) is 24.3 Å². The number of phenols is 2. The summed E-state index contributed by atoms with van der Waals surface area (Å²) in [6.45, 7) is 0. The first kappa shape index (κ1) is 12.6. The zero-order valence-corrected chi connectivity index (χ0v) is 9.08. The molecule has 88 valence electrons. The van der Waals surface area contributed by atoms with Gasteiger partial charge in [-0.15, -0.1) is 0 Å². The lowest BCUT2D eigenvalue weighted by atomic mass is 10.2. The minimum atomic E-state index is -0.379. The Hall–Kier alpha value is -2.49. The van der Waals surface area contributed by atoms with E-state index in [2.05, 4.69) is 0 Å². The van der Waals surface area contributed by atoms with Gasteiger partial charge in [0, 0.05) is 5.56 Å². The van der Waals surface area contributed by atoms with Gasteiger partial charge in [0.15, 0.2) is 11.5 Å². The Morgan fingerprint density at radius 2 is 1.24 bits per heavy atom. The highest BCUT2D eigenvalue weighted by atomic mass is 16.3. The summed E-state index contributed by atoms with van der Waals surface area (Å²) in [4.78, 5) is 10.4. The number of primary amides is 1. The number of aromatic hydroxyl groups is 2. The first-order valence-corrected chi connectivity index (χ1v) is 4.93. The molecule has 0 aliphatic heterocycles. The lowest BCUT2D eigenvalue weighted by Gasteiger charge is -1.91. The second-order valence-electron chi connectivity index (χ2n) is 3.22. The van der Waals surface area contributed by atoms with Crippen molar-refractivity contribution in [3.8, 4) is 11.5 Å². The average Bonchev–Trinajstić information content (AvgIpc) is 2.35. The van der Waals surface area contributed by atoms with Crippen molar-refractivity contribution in [3.05, 3.63) is 60.2 Å². The van der Waals surface area contributed by atoms with Crippen LogP contribution in [0.1, 0.15) is 10.4 Å². The predicted octanol–water partition coefficient (Wildman–Crippen LogP) is 1.88. The van der Waals surface area contributed by atoms with Crippen molar-refractivity contribution in [2.75, 3.05) is 0 Å². The molecule has 0 spiro atoms. The Morgan fingerprint density at radius 1 is 0.824 bits per heavy atom. The highest BCUT2D eigenvalue weighted by molar-refractivity contribution is 5.92. The molecule has 0 radical (unpaired) electrons. The standard InChI is InChI=1S/C7H7NO.C6H6O2/c8-7(9)6-4-2-1-3-5-6;7-5-3-1-2-4-6(5)8/h1-5H,(H2,8,9);1-4,7-8H. The van der Waals surface area contributed by atoms with E-state index in [4.69, 9.17) is 15.9 Å². The quantitative estimate of drug-likeness (QED) is 0.655. The van der Waals surface area contributed by atoms with E-state index in [1.54, 1.807) is 36.4 Å². The third kappa shape index (κ3) is 4.25. The third-order valence-electron chi connectivity index (χ3n) is 1.94. The van der Waals surface area contributed by atoms with Gasteiger partial charge in [0.05, 0.1) is 0 Å². The molecule has 0 bridgehead atoms. The van der Waals surface area contributed by atoms with Gasteiger partial charge in [-0.1, -0.05) is 30.3 Å². The minimum absolute atomic E-state index is 0.0764. The summed E-state index contributed by atoms with van der Waals surface area (Å²) < 4.78 is 0. The molecule has 4 nitrogen and oxygen atoms in total. The third-order valence-corrected chi connectivity index (χ3v) is 1.94. The van der Waals surface area contributed by atoms with Gasteiger partial charge in [0.2, 0.25) is 5.91 Å². The van der Waals surface area contributed by atoms with Crippen molar-refractivity contribution >= 4 is 5.91 Å². The molecule has 0 saturated heterocycles. The second-order valence-corrected chi connectivity index (χ2v) is 3.22. The van der Waals surface area contributed by atoms with E-state index in [0.717, 1.165) is 0 Å². The van der Waals surface area contributed by atoms with E-state index in [9.17, 15) is 4.79 Å². The molecule has 0 unspecified atom stereocenters. The van der Waals surface area contributed by atoms with Gasteiger partial charge in [-0.25, -0.2) is 0 Å². The average molecular weight is 231 g/mol. The Kier molecular flexibility index (Phi) is 4.57. The monoisotopic (exact) mass is 231 g/mol. The lowest BCUT2D eigenvalue weighted by Crippen LogP contribution is -2.09. The van der Waals surface area contributed by atoms with Crippen molar-refractivity contribution in [1.82, 2.24) is 0 Å². The van der Waals surface area contributed by atoms with Gasteiger partial charge in [0.25, 0.3) is 0 Å². The van der Waals surface area contributed by atoms with Crippen molar-refractivity contribution in [2.24, 2.45) is 5.73 Å². The number of benzene rings is 2. The van der Waals surface area contributed by atoms with Crippen molar-refractivity contribution in [2.45, 2.75) is 0 Å². The van der Waals surface area contributed by atoms with Gasteiger partial charge < -0.3 is 15.9 Å². The Balaban J connectivity index is 0.000000171. The normalized spacial score (nSPS) is 8.94. The zero-order chi connectivity index (χ0) is 12.7. The van der Waals surface area contributed by atoms with Gasteiger partial charge >= 0.3 is 0 Å². The summed E-state index contributed by atoms with van der Waals surface area (Å²) in [7, 11) is 0. The molecule has 2 aromatic rings. The van der Waals surface area contributed by atoms with E-state index in [0.29, 0.717) is 5.56 Å². The van der Waals surface area contributed by atoms with Crippen LogP contribution < -0.4 is 5.73 Å². The highest BCUT2D eigenvalue weighted by Gasteiger charge is 1.93. The van der Waals surface area contributed by atoms with Gasteiger partial charge in [-0.2, -0.15) is 0 Å². The van der Waals surface area contributed by atoms with Crippen molar-refractivity contribution in [3.63, 3.8) is 0 Å². The SMILES string of the molecule is NC(=O)c1ccccc1.Oc1ccccc1O. The number of hydrogen-bond donors (Lipinski definition) is 3. The van der Waals surface area contributed by atoms with E-state index in [-0.39, 0.29) is 17.4 Å². The summed E-state index contributed by atoms with van der Waals surface area (Å²) in [5.41, 5.74) is 5.53. The van der Waals surface area contributed by atoms with Crippen LogP contribution >= 0.6 is 0 Å². The van der Waals surface area contributed by atoms with Gasteiger partial charge in [-0.3, -0.25) is 4.79 Å². The molecule has 0 fully saturated rings. The maximum absolute atomic E-state index is 10.4. The summed E-state index contributed by atoms with van der Waals surface area (Å²) in [6, 6.07) is 14.9. The summed E-state index contributed by atoms with van der Waals surface area (Å²) in [6.07, 6.45) is 0. The first-order chi connectivity index (χ1) is 8.11. The fourth-order valence-electron chi connectivity index (χ4n) is 1.07. The molecule has 0 aliphatic rings. The van der Waals surface area contributed by atoms with Crippen LogP contribution in [0.15, 0.2) is 54.6 Å². The van der Waals surface area contributed by atoms with Crippen LogP contribution in [0.3, 0.4) is 0 Å². The molecular formula is C13H13NO3. The highest BCUT2D eigenvalue weighted by Crippen LogP contribution is 2.21. The maximum atomic E-state index is 10.4. The predicted molar refractivity (Wildman–Crippen MR) is 64.7 cm³/mol. The minimum Gasteiger partial charge on any atom is -0.504 e. The topological polar surface area (TPSA) is 83.6 Å². The summed E-state index contributed by atoms with van der Waals surface area (Å²) in [5, 5.41) is 17.3. The number of phenolic OH excluding ortho intramolecular Hbond substituents is 2. The van der Waals surface area contributed by atoms with E-state index < -0.39 is 0 Å². The van der Waals surface area contributed by atoms with E-state index in [1.165, 1.54) is 12.1 Å². The van der Waals surface area contributed by atoms with Crippen LogP contribution in [0.4, 0.5) is 0 Å². The number of nitrogens with two attached hydrogens (primary N) is 1. The molecule has 17 heavy (non-hydrogen) atoms. The molecule has 0 aliphatic carbocycles. The van der Waals surface area contributed by atoms with Crippen LogP contribution in [0.5, 0.6) is 11.5 Å². The summed E-state index contributed by atoms with van der Waals surface area (Å²) in [5.74, 6) is -0.532. The number of rotatable bonds is 1. The Bertz CT molecular complexity index is 462. The molecule has 0 saturated carbocycles. The smallest absolute Gasteiger partial charge is 0.248 e. The van der Waals surface area contributed by atoms with Gasteiger partial charge in [0.1, 0.15) is 0 Å². The number of carbonyl (C=O) groups excluding carboxylic acids is 1. The van der Waals surface area contributed by atoms with Crippen LogP contribution in [-0.4, -0.2) is 16.1 Å². The van der Waals surface area contributed by atoms with Crippen LogP contribution in [-0.2, 0) is 0 Å². The molecular weight excluding hydrogens is 218 g/mol. The van der Waals surface area contributed by atoms with Crippen LogP contribution in [0.2, 0.25) is 0 Å². The Morgan fingerprint density at radius 3 is 1.53 bits per heavy atom. The maximum Gasteiger partial charge on any atom is 0.248 e. The fraction of sp³-hybridized carbons (Fsp3) is 0. The van der Waals surface area contributed by atoms with E-state index in [1.807, 2.05) is 6.07 Å². The molecule has 2 aromatic carbocycles. The molecule has 0 heterocycles. The number of para-hydroxylation sites is 2. The lowest BCUT2D eigenvalue weighted by molar-refractivity contribution is 0.100. The number of carbonyl (C=O) groups is 1. The van der Waals surface area contributed by atoms with Crippen LogP contribution in [0.25, 0.3) is 0 Å². The molecule has 0 atom stereocenters. The molecule has 4 heteroatoms. The zero-order valence-electron chi connectivity index (χ0n) is 9.08. The number of amides is 1. The molecule has 0 aromatic heterocycles. The first-order valence-electron chi connectivity index (χ1n) is 4.93. The fourth-order valence-corrected chi connectivity index (χ4v) is 1.07. The number of hydrogen-bond acceptors (Lipinski definition) is 3. The van der Waals surface area contributed by atoms with Crippen molar-refractivity contribution < 1.29 is 15.0 Å². The second kappa shape index (κ2) is 6.17. The molecule has 2 rings (SSSR count). The Labute approximate surface area is 98.9 Å². The van der Waals surface area contributed by atoms with E-state index >= 15 is 0 Å². The van der Waals surface area contributed by atoms with Crippen LogP contribution in [0, 0.1) is 0 Å². The van der Waals surface area contributed by atoms with Crippen molar-refractivity contribution in [1.29, 1.82) is 0 Å². The molecule has 4 N–H and O–H groups in total.